The average Bonchev–Trinajstić information content (AvgIpc) is 2.35. The molecule has 3 heteroatoms. The van der Waals surface area contributed by atoms with E-state index in [9.17, 15) is 0 Å². The van der Waals surface area contributed by atoms with E-state index < -0.39 is 0 Å². The van der Waals surface area contributed by atoms with E-state index in [4.69, 9.17) is 4.74 Å². The van der Waals surface area contributed by atoms with Crippen molar-refractivity contribution in [2.45, 2.75) is 45.4 Å². The van der Waals surface area contributed by atoms with Crippen LogP contribution in [-0.4, -0.2) is 12.4 Å². The van der Waals surface area contributed by atoms with Crippen molar-refractivity contribution in [3.63, 3.8) is 0 Å². The molecule has 0 atom stereocenters. The number of hydrogen-bond donors (Lipinski definition) is 1. The van der Waals surface area contributed by atoms with Crippen LogP contribution >= 0.6 is 28.6 Å². The van der Waals surface area contributed by atoms with Gasteiger partial charge in [-0.2, -0.15) is 12.6 Å². The number of halogens is 1. The fourth-order valence-corrected chi connectivity index (χ4v) is 2.45. The van der Waals surface area contributed by atoms with E-state index >= 15 is 0 Å². The molecule has 1 aromatic carbocycles. The first-order valence-electron chi connectivity index (χ1n) is 6.68. The van der Waals surface area contributed by atoms with Gasteiger partial charge in [0.25, 0.3) is 0 Å². The molecule has 0 aromatic heterocycles. The van der Waals surface area contributed by atoms with Gasteiger partial charge in [-0.05, 0) is 48.3 Å². The molecule has 102 valence electrons. The minimum Gasteiger partial charge on any atom is -0.493 e. The molecule has 0 aliphatic rings. The van der Waals surface area contributed by atoms with Gasteiger partial charge in [0.2, 0.25) is 0 Å². The van der Waals surface area contributed by atoms with E-state index in [0.29, 0.717) is 5.92 Å². The maximum absolute atomic E-state index is 5.89. The van der Waals surface area contributed by atoms with Crippen molar-refractivity contribution in [3.05, 3.63) is 28.2 Å². The fourth-order valence-electron chi connectivity index (χ4n) is 1.85. The Bertz CT molecular complexity index is 352. The van der Waals surface area contributed by atoms with Crippen LogP contribution in [0.5, 0.6) is 5.75 Å². The van der Waals surface area contributed by atoms with Crippen LogP contribution in [0.2, 0.25) is 0 Å². The lowest BCUT2D eigenvalue weighted by Gasteiger charge is -2.14. The topological polar surface area (TPSA) is 9.23 Å². The summed E-state index contributed by atoms with van der Waals surface area (Å²) in [6, 6.07) is 6.26. The van der Waals surface area contributed by atoms with Crippen molar-refractivity contribution in [1.82, 2.24) is 0 Å². The third kappa shape index (κ3) is 5.66. The molecule has 0 unspecified atom stereocenters. The molecule has 0 saturated carbocycles. The molecule has 1 nitrogen and oxygen atoms in total. The smallest absolute Gasteiger partial charge is 0.122 e. The normalized spacial score (nSPS) is 10.9. The van der Waals surface area contributed by atoms with Crippen LogP contribution in [0, 0.1) is 0 Å². The first kappa shape index (κ1) is 15.9. The Morgan fingerprint density at radius 2 is 1.89 bits per heavy atom. The third-order valence-electron chi connectivity index (χ3n) is 2.90. The molecule has 0 radical (unpaired) electrons. The predicted molar refractivity (Wildman–Crippen MR) is 86.0 cm³/mol. The summed E-state index contributed by atoms with van der Waals surface area (Å²) in [6.45, 7) is 5.20. The van der Waals surface area contributed by atoms with Crippen LogP contribution < -0.4 is 4.74 Å². The molecule has 0 N–H and O–H groups in total. The highest BCUT2D eigenvalue weighted by molar-refractivity contribution is 9.10. The molecule has 0 saturated heterocycles. The molecule has 0 bridgehead atoms. The zero-order chi connectivity index (χ0) is 13.4. The van der Waals surface area contributed by atoms with Crippen LogP contribution in [-0.2, 0) is 0 Å². The van der Waals surface area contributed by atoms with Gasteiger partial charge in [-0.1, -0.05) is 42.6 Å². The van der Waals surface area contributed by atoms with Crippen molar-refractivity contribution in [2.24, 2.45) is 0 Å². The van der Waals surface area contributed by atoms with Gasteiger partial charge in [-0.25, -0.2) is 0 Å². The number of benzene rings is 1. The monoisotopic (exact) mass is 330 g/mol. The second kappa shape index (κ2) is 8.87. The van der Waals surface area contributed by atoms with Crippen LogP contribution in [0.1, 0.15) is 51.0 Å². The van der Waals surface area contributed by atoms with Crippen molar-refractivity contribution in [3.8, 4) is 5.75 Å². The Morgan fingerprint density at radius 3 is 2.56 bits per heavy atom. The lowest BCUT2D eigenvalue weighted by molar-refractivity contribution is 0.301. The molecule has 0 spiro atoms. The third-order valence-corrected chi connectivity index (χ3v) is 3.71. The zero-order valence-corrected chi connectivity index (χ0v) is 13.8. The molecule has 1 aromatic rings. The van der Waals surface area contributed by atoms with Crippen molar-refractivity contribution >= 4 is 28.6 Å². The van der Waals surface area contributed by atoms with E-state index in [1.807, 2.05) is 6.07 Å². The number of rotatable bonds is 8. The molecule has 0 amide bonds. The standard InChI is InChI=1S/C15H23BrOS/c1-12(2)14-11-13(16)7-8-15(14)17-9-5-3-4-6-10-18/h7-8,11-12,18H,3-6,9-10H2,1-2H3. The first-order valence-corrected chi connectivity index (χ1v) is 8.10. The van der Waals surface area contributed by atoms with Crippen molar-refractivity contribution in [2.75, 3.05) is 12.4 Å². The van der Waals surface area contributed by atoms with Crippen LogP contribution in [0.3, 0.4) is 0 Å². The van der Waals surface area contributed by atoms with Gasteiger partial charge in [0.1, 0.15) is 5.75 Å². The van der Waals surface area contributed by atoms with Gasteiger partial charge in [0.05, 0.1) is 6.61 Å². The van der Waals surface area contributed by atoms with Crippen molar-refractivity contribution in [1.29, 1.82) is 0 Å². The fraction of sp³-hybridized carbons (Fsp3) is 0.600. The Morgan fingerprint density at radius 1 is 1.17 bits per heavy atom. The highest BCUT2D eigenvalue weighted by atomic mass is 79.9. The SMILES string of the molecule is CC(C)c1cc(Br)ccc1OCCCCCCS. The van der Waals surface area contributed by atoms with E-state index in [1.165, 1.54) is 24.8 Å². The summed E-state index contributed by atoms with van der Waals surface area (Å²) < 4.78 is 7.01. The summed E-state index contributed by atoms with van der Waals surface area (Å²) in [5, 5.41) is 0. The minimum atomic E-state index is 0.488. The molecular formula is C15H23BrOS. The molecule has 0 fully saturated rings. The summed E-state index contributed by atoms with van der Waals surface area (Å²) in [5.41, 5.74) is 1.28. The number of unbranched alkanes of at least 4 members (excludes halogenated alkanes) is 3. The number of thiol groups is 1. The van der Waals surface area contributed by atoms with E-state index in [2.05, 4.69) is 54.5 Å². The number of hydrogen-bond acceptors (Lipinski definition) is 2. The molecule has 0 aliphatic carbocycles. The summed E-state index contributed by atoms with van der Waals surface area (Å²) in [5.74, 6) is 2.51. The zero-order valence-electron chi connectivity index (χ0n) is 11.3. The molecular weight excluding hydrogens is 308 g/mol. The number of ether oxygens (including phenoxy) is 1. The predicted octanol–water partition coefficient (Wildman–Crippen LogP) is 5.44. The van der Waals surface area contributed by atoms with Gasteiger partial charge in [0, 0.05) is 4.47 Å². The second-order valence-corrected chi connectivity index (χ2v) is 6.19. The summed E-state index contributed by atoms with van der Waals surface area (Å²) >= 11 is 7.72. The van der Waals surface area contributed by atoms with Gasteiger partial charge in [-0.15, -0.1) is 0 Å². The van der Waals surface area contributed by atoms with Crippen LogP contribution in [0.15, 0.2) is 22.7 Å². The minimum absolute atomic E-state index is 0.488. The quantitative estimate of drug-likeness (QED) is 0.493. The van der Waals surface area contributed by atoms with E-state index in [1.54, 1.807) is 0 Å². The van der Waals surface area contributed by atoms with Gasteiger partial charge >= 0.3 is 0 Å². The summed E-state index contributed by atoms with van der Waals surface area (Å²) in [4.78, 5) is 0. The summed E-state index contributed by atoms with van der Waals surface area (Å²) in [6.07, 6.45) is 4.82. The van der Waals surface area contributed by atoms with Gasteiger partial charge in [0.15, 0.2) is 0 Å². The molecule has 0 aliphatic heterocycles. The van der Waals surface area contributed by atoms with Crippen molar-refractivity contribution < 1.29 is 4.74 Å². The summed E-state index contributed by atoms with van der Waals surface area (Å²) in [7, 11) is 0. The van der Waals surface area contributed by atoms with Crippen LogP contribution in [0.4, 0.5) is 0 Å². The Balaban J connectivity index is 2.42. The molecule has 18 heavy (non-hydrogen) atoms. The Kier molecular flexibility index (Phi) is 7.84. The van der Waals surface area contributed by atoms with Crippen LogP contribution in [0.25, 0.3) is 0 Å². The Labute approximate surface area is 125 Å². The highest BCUT2D eigenvalue weighted by Gasteiger charge is 2.08. The lowest BCUT2D eigenvalue weighted by Crippen LogP contribution is -2.01. The second-order valence-electron chi connectivity index (χ2n) is 4.82. The largest absolute Gasteiger partial charge is 0.493 e. The van der Waals surface area contributed by atoms with Gasteiger partial charge < -0.3 is 4.74 Å². The average molecular weight is 331 g/mol. The molecule has 1 rings (SSSR count). The van der Waals surface area contributed by atoms with Gasteiger partial charge in [-0.3, -0.25) is 0 Å². The van der Waals surface area contributed by atoms with E-state index in [0.717, 1.165) is 29.0 Å². The Hall–Kier alpha value is -0.150. The van der Waals surface area contributed by atoms with E-state index in [-0.39, 0.29) is 0 Å². The molecule has 0 heterocycles. The first-order chi connectivity index (χ1) is 8.65. The maximum Gasteiger partial charge on any atom is 0.122 e. The lowest BCUT2D eigenvalue weighted by atomic mass is 10.0. The maximum atomic E-state index is 5.89. The highest BCUT2D eigenvalue weighted by Crippen LogP contribution is 2.29.